The lowest BCUT2D eigenvalue weighted by molar-refractivity contribution is -0.385. The predicted octanol–water partition coefficient (Wildman–Crippen LogP) is 3.36. The molecule has 0 aliphatic carbocycles. The van der Waals surface area contributed by atoms with Crippen molar-refractivity contribution in [3.8, 4) is 5.75 Å². The third-order valence-electron chi connectivity index (χ3n) is 3.27. The lowest BCUT2D eigenvalue weighted by atomic mass is 10.1. The molecule has 0 aromatic heterocycles. The number of benzene rings is 2. The summed E-state index contributed by atoms with van der Waals surface area (Å²) in [6.45, 7) is 0.620. The first-order valence-electron chi connectivity index (χ1n) is 7.19. The minimum atomic E-state index is -0.755. The van der Waals surface area contributed by atoms with Crippen LogP contribution in [0, 0.1) is 17.0 Å². The molecule has 0 saturated heterocycles. The van der Waals surface area contributed by atoms with Crippen LogP contribution in [0.5, 0.6) is 5.75 Å². The third-order valence-corrected chi connectivity index (χ3v) is 3.59. The quantitative estimate of drug-likeness (QED) is 0.324. The maximum absolute atomic E-state index is 12.0. The van der Waals surface area contributed by atoms with Crippen molar-refractivity contribution in [3.63, 3.8) is 0 Å². The van der Waals surface area contributed by atoms with Gasteiger partial charge in [0.05, 0.1) is 9.95 Å². The number of nitro benzene ring substituents is 1. The second kappa shape index (κ2) is 8.25. The topological polar surface area (TPSA) is 95.7 Å². The summed E-state index contributed by atoms with van der Waals surface area (Å²) in [6, 6.07) is 10.7. The molecular formula is C17H14ClNO6. The maximum Gasteiger partial charge on any atom is 0.344 e. The molecule has 0 radical (unpaired) electrons. The smallest absolute Gasteiger partial charge is 0.344 e. The molecular weight excluding hydrogens is 350 g/mol. The van der Waals surface area contributed by atoms with E-state index in [1.165, 1.54) is 12.1 Å². The SMILES string of the molecule is Cc1ccc(C(=O)COC(=O)COc2ccccc2Cl)cc1[N+](=O)[O-]. The number of halogens is 1. The molecule has 0 unspecified atom stereocenters. The zero-order valence-electron chi connectivity index (χ0n) is 13.2. The number of hydrogen-bond acceptors (Lipinski definition) is 6. The third kappa shape index (κ3) is 5.02. The Balaban J connectivity index is 1.89. The number of ketones is 1. The van der Waals surface area contributed by atoms with Crippen LogP contribution < -0.4 is 4.74 Å². The molecule has 0 aliphatic rings. The summed E-state index contributed by atoms with van der Waals surface area (Å²) in [5, 5.41) is 11.2. The van der Waals surface area contributed by atoms with Crippen LogP contribution in [0.1, 0.15) is 15.9 Å². The molecule has 25 heavy (non-hydrogen) atoms. The fraction of sp³-hybridized carbons (Fsp3) is 0.176. The van der Waals surface area contributed by atoms with Crippen molar-refractivity contribution in [3.05, 3.63) is 68.7 Å². The van der Waals surface area contributed by atoms with Gasteiger partial charge in [-0.05, 0) is 19.1 Å². The molecule has 0 aliphatic heterocycles. The second-order valence-electron chi connectivity index (χ2n) is 5.06. The van der Waals surface area contributed by atoms with Crippen molar-refractivity contribution in [2.45, 2.75) is 6.92 Å². The van der Waals surface area contributed by atoms with E-state index in [0.29, 0.717) is 16.3 Å². The van der Waals surface area contributed by atoms with Gasteiger partial charge in [-0.3, -0.25) is 14.9 Å². The normalized spacial score (nSPS) is 10.2. The van der Waals surface area contributed by atoms with E-state index in [0.717, 1.165) is 6.07 Å². The molecule has 0 atom stereocenters. The first kappa shape index (κ1) is 18.4. The molecule has 0 saturated carbocycles. The van der Waals surface area contributed by atoms with Crippen LogP contribution in [0.3, 0.4) is 0 Å². The number of aryl methyl sites for hydroxylation is 1. The molecule has 0 amide bonds. The summed E-state index contributed by atoms with van der Waals surface area (Å²) in [4.78, 5) is 34.0. The van der Waals surface area contributed by atoms with E-state index in [4.69, 9.17) is 21.1 Å². The lowest BCUT2D eigenvalue weighted by Gasteiger charge is -2.08. The van der Waals surface area contributed by atoms with Gasteiger partial charge in [0.1, 0.15) is 5.75 Å². The van der Waals surface area contributed by atoms with Crippen LogP contribution >= 0.6 is 11.6 Å². The second-order valence-corrected chi connectivity index (χ2v) is 5.47. The van der Waals surface area contributed by atoms with E-state index in [2.05, 4.69) is 0 Å². The van der Waals surface area contributed by atoms with Gasteiger partial charge in [-0.2, -0.15) is 0 Å². The van der Waals surface area contributed by atoms with Crippen molar-refractivity contribution in [2.75, 3.05) is 13.2 Å². The zero-order chi connectivity index (χ0) is 18.4. The summed E-state index contributed by atoms with van der Waals surface area (Å²) in [5.74, 6) is -0.981. The van der Waals surface area contributed by atoms with Crippen LogP contribution in [-0.2, 0) is 9.53 Å². The van der Waals surface area contributed by atoms with E-state index < -0.39 is 29.9 Å². The summed E-state index contributed by atoms with van der Waals surface area (Å²) >= 11 is 5.88. The van der Waals surface area contributed by atoms with Crippen LogP contribution in [-0.4, -0.2) is 29.9 Å². The highest BCUT2D eigenvalue weighted by molar-refractivity contribution is 6.32. The summed E-state index contributed by atoms with van der Waals surface area (Å²) in [7, 11) is 0. The van der Waals surface area contributed by atoms with Gasteiger partial charge in [-0.1, -0.05) is 35.9 Å². The molecule has 0 heterocycles. The van der Waals surface area contributed by atoms with E-state index in [-0.39, 0.29) is 11.3 Å². The van der Waals surface area contributed by atoms with Crippen LogP contribution in [0.15, 0.2) is 42.5 Å². The van der Waals surface area contributed by atoms with Gasteiger partial charge in [0.2, 0.25) is 5.78 Å². The van der Waals surface area contributed by atoms with Gasteiger partial charge in [0.15, 0.2) is 13.2 Å². The average Bonchev–Trinajstić information content (AvgIpc) is 2.59. The Labute approximate surface area is 148 Å². The fourth-order valence-electron chi connectivity index (χ4n) is 1.95. The van der Waals surface area contributed by atoms with Gasteiger partial charge in [-0.25, -0.2) is 4.79 Å². The zero-order valence-corrected chi connectivity index (χ0v) is 14.0. The fourth-order valence-corrected chi connectivity index (χ4v) is 2.14. The van der Waals surface area contributed by atoms with Gasteiger partial charge in [0, 0.05) is 17.2 Å². The molecule has 8 heteroatoms. The molecule has 0 N–H and O–H groups in total. The first-order chi connectivity index (χ1) is 11.9. The van der Waals surface area contributed by atoms with Gasteiger partial charge in [0.25, 0.3) is 5.69 Å². The molecule has 130 valence electrons. The van der Waals surface area contributed by atoms with Crippen molar-refractivity contribution < 1.29 is 24.0 Å². The molecule has 7 nitrogen and oxygen atoms in total. The lowest BCUT2D eigenvalue weighted by Crippen LogP contribution is -2.19. The number of carbonyl (C=O) groups excluding carboxylic acids is 2. The van der Waals surface area contributed by atoms with Gasteiger partial charge < -0.3 is 9.47 Å². The van der Waals surface area contributed by atoms with E-state index >= 15 is 0 Å². The first-order valence-corrected chi connectivity index (χ1v) is 7.57. The Morgan fingerprint density at radius 2 is 1.88 bits per heavy atom. The molecule has 2 rings (SSSR count). The Kier molecular flexibility index (Phi) is 6.08. The van der Waals surface area contributed by atoms with Crippen molar-refractivity contribution in [2.24, 2.45) is 0 Å². The Morgan fingerprint density at radius 3 is 2.56 bits per heavy atom. The Morgan fingerprint density at radius 1 is 1.16 bits per heavy atom. The largest absolute Gasteiger partial charge is 0.480 e. The van der Waals surface area contributed by atoms with Crippen molar-refractivity contribution in [1.29, 1.82) is 0 Å². The van der Waals surface area contributed by atoms with Crippen LogP contribution in [0.4, 0.5) is 5.69 Å². The highest BCUT2D eigenvalue weighted by atomic mass is 35.5. The average molecular weight is 364 g/mol. The molecule has 2 aromatic rings. The Bertz CT molecular complexity index is 821. The van der Waals surface area contributed by atoms with E-state index in [1.54, 1.807) is 31.2 Å². The molecule has 0 bridgehead atoms. The predicted molar refractivity (Wildman–Crippen MR) is 90.1 cm³/mol. The number of para-hydroxylation sites is 1. The minimum Gasteiger partial charge on any atom is -0.480 e. The molecule has 0 spiro atoms. The summed E-state index contributed by atoms with van der Waals surface area (Å²) < 4.78 is 10.0. The Hall–Kier alpha value is -2.93. The molecule has 0 fully saturated rings. The number of rotatable bonds is 7. The highest BCUT2D eigenvalue weighted by Crippen LogP contribution is 2.23. The number of Topliss-reactive ketones (excluding diaryl/α,β-unsaturated/α-hetero) is 1. The van der Waals surface area contributed by atoms with Crippen LogP contribution in [0.25, 0.3) is 0 Å². The minimum absolute atomic E-state index is 0.0946. The van der Waals surface area contributed by atoms with E-state index in [9.17, 15) is 19.7 Å². The number of nitrogens with zero attached hydrogens (tertiary/aromatic N) is 1. The van der Waals surface area contributed by atoms with Gasteiger partial charge >= 0.3 is 5.97 Å². The van der Waals surface area contributed by atoms with E-state index in [1.807, 2.05) is 0 Å². The number of carbonyl (C=O) groups is 2. The van der Waals surface area contributed by atoms with Gasteiger partial charge in [-0.15, -0.1) is 0 Å². The van der Waals surface area contributed by atoms with Crippen molar-refractivity contribution >= 4 is 29.0 Å². The standard InChI is InChI=1S/C17H14ClNO6/c1-11-6-7-12(8-14(11)19(22)23)15(20)9-25-17(21)10-24-16-5-3-2-4-13(16)18/h2-8H,9-10H2,1H3. The van der Waals surface area contributed by atoms with Crippen LogP contribution in [0.2, 0.25) is 5.02 Å². The molecule has 2 aromatic carbocycles. The number of ether oxygens (including phenoxy) is 2. The maximum atomic E-state index is 12.0. The number of nitro groups is 1. The summed E-state index contributed by atoms with van der Waals surface area (Å²) in [6.07, 6.45) is 0. The number of esters is 1. The monoisotopic (exact) mass is 363 g/mol. The number of hydrogen-bond donors (Lipinski definition) is 0. The summed E-state index contributed by atoms with van der Waals surface area (Å²) in [5.41, 5.74) is 0.364. The van der Waals surface area contributed by atoms with Crippen molar-refractivity contribution in [1.82, 2.24) is 0 Å². The highest BCUT2D eigenvalue weighted by Gasteiger charge is 2.16.